The molecule has 0 bridgehead atoms. The van der Waals surface area contributed by atoms with Crippen molar-refractivity contribution in [2.45, 2.75) is 11.3 Å². The van der Waals surface area contributed by atoms with Gasteiger partial charge in [0, 0.05) is 16.9 Å². The van der Waals surface area contributed by atoms with Gasteiger partial charge in [-0.05, 0) is 0 Å². The van der Waals surface area contributed by atoms with Gasteiger partial charge in [0.1, 0.15) is 16.7 Å². The summed E-state index contributed by atoms with van der Waals surface area (Å²) in [6.07, 6.45) is -2.57. The molecule has 0 fully saturated rings. The zero-order valence-electron chi connectivity index (χ0n) is 7.35. The summed E-state index contributed by atoms with van der Waals surface area (Å²) in [7, 11) is 0.407. The van der Waals surface area contributed by atoms with Gasteiger partial charge < -0.3 is 5.11 Å². The number of rotatable bonds is 2. The largest absolute Gasteiger partial charge is 0.504 e. The number of pyridine rings is 1. The molecule has 0 spiro atoms. The highest BCUT2D eigenvalue weighted by molar-refractivity contribution is 8.13. The number of aromatic hydroxyl groups is 1. The van der Waals surface area contributed by atoms with Crippen molar-refractivity contribution in [3.8, 4) is 11.8 Å². The predicted molar refractivity (Wildman–Crippen MR) is 48.6 cm³/mol. The van der Waals surface area contributed by atoms with Crippen molar-refractivity contribution < 1.29 is 22.3 Å². The monoisotopic (exact) mass is 268 g/mol. The van der Waals surface area contributed by atoms with Gasteiger partial charge in [0.15, 0.2) is 5.75 Å². The molecule has 0 amide bonds. The van der Waals surface area contributed by atoms with Gasteiger partial charge in [-0.15, -0.1) is 0 Å². The highest BCUT2D eigenvalue weighted by Crippen LogP contribution is 2.35. The van der Waals surface area contributed by atoms with Crippen molar-refractivity contribution >= 4 is 19.7 Å². The Morgan fingerprint density at radius 3 is 2.50 bits per heavy atom. The lowest BCUT2D eigenvalue weighted by Gasteiger charge is -2.07. The van der Waals surface area contributed by atoms with Crippen LogP contribution in [0.4, 0.5) is 8.78 Å². The van der Waals surface area contributed by atoms with Gasteiger partial charge in [-0.25, -0.2) is 22.2 Å². The molecule has 0 aliphatic carbocycles. The summed E-state index contributed by atoms with van der Waals surface area (Å²) in [5.74, 6) is -1.30. The molecule has 9 heteroatoms. The van der Waals surface area contributed by atoms with E-state index in [0.717, 1.165) is 0 Å². The molecule has 0 aliphatic rings. The second-order valence-corrected chi connectivity index (χ2v) is 5.09. The van der Waals surface area contributed by atoms with Gasteiger partial charge in [0.25, 0.3) is 15.5 Å². The SMILES string of the molecule is N#Cc1cnc(C(F)F)c(O)c1S(=O)(=O)Cl. The summed E-state index contributed by atoms with van der Waals surface area (Å²) in [5.41, 5.74) is -1.74. The number of nitrogens with zero attached hydrogens (tertiary/aromatic N) is 2. The van der Waals surface area contributed by atoms with Gasteiger partial charge >= 0.3 is 0 Å². The molecule has 0 aliphatic heterocycles. The van der Waals surface area contributed by atoms with Crippen molar-refractivity contribution in [1.82, 2.24) is 4.98 Å². The first-order valence-corrected chi connectivity index (χ1v) is 5.94. The van der Waals surface area contributed by atoms with Crippen LogP contribution in [0.1, 0.15) is 17.7 Å². The molecule has 0 atom stereocenters. The summed E-state index contributed by atoms with van der Waals surface area (Å²) in [5, 5.41) is 17.8. The molecule has 1 N–H and O–H groups in total. The molecule has 0 aromatic carbocycles. The Balaban J connectivity index is 3.69. The Labute approximate surface area is 93.3 Å². The van der Waals surface area contributed by atoms with E-state index >= 15 is 0 Å². The van der Waals surface area contributed by atoms with Crippen molar-refractivity contribution in [1.29, 1.82) is 5.26 Å². The number of hydrogen-bond acceptors (Lipinski definition) is 5. The van der Waals surface area contributed by atoms with Gasteiger partial charge in [-0.2, -0.15) is 5.26 Å². The first-order chi connectivity index (χ1) is 7.29. The fourth-order valence-corrected chi connectivity index (χ4v) is 2.15. The van der Waals surface area contributed by atoms with Gasteiger partial charge in [0.05, 0.1) is 5.56 Å². The molecule has 16 heavy (non-hydrogen) atoms. The topological polar surface area (TPSA) is 91.0 Å². The highest BCUT2D eigenvalue weighted by Gasteiger charge is 2.27. The maximum absolute atomic E-state index is 12.3. The number of halogens is 3. The van der Waals surface area contributed by atoms with Crippen molar-refractivity contribution in [2.75, 3.05) is 0 Å². The van der Waals surface area contributed by atoms with E-state index in [1.54, 1.807) is 0 Å². The maximum atomic E-state index is 12.3. The molecule has 86 valence electrons. The summed E-state index contributed by atoms with van der Waals surface area (Å²) >= 11 is 0. The Hall–Kier alpha value is -1.46. The van der Waals surface area contributed by atoms with Crippen LogP contribution in [0.3, 0.4) is 0 Å². The molecule has 1 rings (SSSR count). The van der Waals surface area contributed by atoms with E-state index in [1.165, 1.54) is 6.07 Å². The van der Waals surface area contributed by atoms with Crippen LogP contribution in [0.25, 0.3) is 0 Å². The van der Waals surface area contributed by atoms with Gasteiger partial charge in [0.2, 0.25) is 0 Å². The molecular weight excluding hydrogens is 266 g/mol. The second kappa shape index (κ2) is 4.19. The van der Waals surface area contributed by atoms with E-state index in [9.17, 15) is 22.3 Å². The number of nitriles is 1. The number of aromatic nitrogens is 1. The van der Waals surface area contributed by atoms with Crippen LogP contribution in [0.15, 0.2) is 11.1 Å². The zero-order valence-corrected chi connectivity index (χ0v) is 8.93. The molecule has 1 aromatic heterocycles. The molecule has 1 aromatic rings. The molecule has 0 unspecified atom stereocenters. The van der Waals surface area contributed by atoms with E-state index in [1.807, 2.05) is 0 Å². The van der Waals surface area contributed by atoms with Crippen molar-refractivity contribution in [3.05, 3.63) is 17.5 Å². The van der Waals surface area contributed by atoms with Crippen LogP contribution in [0.2, 0.25) is 0 Å². The third-order valence-corrected chi connectivity index (χ3v) is 2.97. The Bertz CT molecular complexity index is 568. The second-order valence-electron chi connectivity index (χ2n) is 2.59. The van der Waals surface area contributed by atoms with Crippen molar-refractivity contribution in [2.24, 2.45) is 0 Å². The Kier molecular flexibility index (Phi) is 3.30. The average molecular weight is 269 g/mol. The van der Waals surface area contributed by atoms with E-state index in [2.05, 4.69) is 4.98 Å². The molecule has 1 heterocycles. The maximum Gasteiger partial charge on any atom is 0.284 e. The first kappa shape index (κ1) is 12.6. The fourth-order valence-electron chi connectivity index (χ4n) is 0.984. The summed E-state index contributed by atoms with van der Waals surface area (Å²) in [6.45, 7) is 0. The molecule has 0 saturated carbocycles. The number of alkyl halides is 2. The van der Waals surface area contributed by atoms with E-state index < -0.39 is 37.4 Å². The summed E-state index contributed by atoms with van der Waals surface area (Å²) in [4.78, 5) is 2.02. The normalized spacial score (nSPS) is 11.4. The van der Waals surface area contributed by atoms with E-state index in [0.29, 0.717) is 6.20 Å². The van der Waals surface area contributed by atoms with Crippen LogP contribution in [-0.4, -0.2) is 18.5 Å². The molecule has 0 radical (unpaired) electrons. The van der Waals surface area contributed by atoms with Crippen LogP contribution < -0.4 is 0 Å². The standard InChI is InChI=1S/C7H3ClF2N2O3S/c8-16(14,15)6-3(1-11)2-12-4(5(6)13)7(9)10/h2,7,13H. The minimum Gasteiger partial charge on any atom is -0.504 e. The molecular formula is C7H3ClF2N2O3S. The van der Waals surface area contributed by atoms with Crippen LogP contribution >= 0.6 is 10.7 Å². The third kappa shape index (κ3) is 2.20. The average Bonchev–Trinajstić information content (AvgIpc) is 2.14. The van der Waals surface area contributed by atoms with Crippen LogP contribution in [-0.2, 0) is 9.05 Å². The van der Waals surface area contributed by atoms with Gasteiger partial charge in [-0.3, -0.25) is 0 Å². The quantitative estimate of drug-likeness (QED) is 0.821. The van der Waals surface area contributed by atoms with E-state index in [4.69, 9.17) is 15.9 Å². The lowest BCUT2D eigenvalue weighted by Crippen LogP contribution is -2.01. The van der Waals surface area contributed by atoms with Crippen molar-refractivity contribution in [3.63, 3.8) is 0 Å². The molecule has 0 saturated heterocycles. The lowest BCUT2D eigenvalue weighted by atomic mass is 10.2. The summed E-state index contributed by atoms with van der Waals surface area (Å²) in [6, 6.07) is 1.38. The Morgan fingerprint density at radius 1 is 1.56 bits per heavy atom. The van der Waals surface area contributed by atoms with Crippen LogP contribution in [0.5, 0.6) is 5.75 Å². The first-order valence-electron chi connectivity index (χ1n) is 3.63. The minimum absolute atomic E-state index is 0.600. The van der Waals surface area contributed by atoms with Crippen LogP contribution in [0, 0.1) is 11.3 Å². The predicted octanol–water partition coefficient (Wildman–Crippen LogP) is 1.52. The zero-order chi connectivity index (χ0) is 12.5. The smallest absolute Gasteiger partial charge is 0.284 e. The lowest BCUT2D eigenvalue weighted by molar-refractivity contribution is 0.141. The molecule has 5 nitrogen and oxygen atoms in total. The third-order valence-electron chi connectivity index (χ3n) is 1.61. The van der Waals surface area contributed by atoms with Gasteiger partial charge in [-0.1, -0.05) is 0 Å². The highest BCUT2D eigenvalue weighted by atomic mass is 35.7. The number of hydrogen-bond donors (Lipinski definition) is 1. The van der Waals surface area contributed by atoms with E-state index in [-0.39, 0.29) is 0 Å². The summed E-state index contributed by atoms with van der Waals surface area (Å²) < 4.78 is 46.6. The Morgan fingerprint density at radius 2 is 2.12 bits per heavy atom. The minimum atomic E-state index is -4.51. The fraction of sp³-hybridized carbons (Fsp3) is 0.143.